The van der Waals surface area contributed by atoms with E-state index in [0.29, 0.717) is 52.6 Å². The highest BCUT2D eigenvalue weighted by Gasteiger charge is 2.34. The summed E-state index contributed by atoms with van der Waals surface area (Å²) in [6.45, 7) is 7.41. The lowest BCUT2D eigenvalue weighted by Gasteiger charge is -2.27. The Morgan fingerprint density at radius 1 is 0.878 bits per heavy atom. The number of likely N-dealkylation sites (tertiary alicyclic amines) is 2. The van der Waals surface area contributed by atoms with Gasteiger partial charge in [-0.15, -0.1) is 0 Å². The molecule has 2 fully saturated rings. The van der Waals surface area contributed by atoms with Crippen molar-refractivity contribution in [2.45, 2.75) is 75.9 Å². The molecule has 0 bridgehead atoms. The van der Waals surface area contributed by atoms with Crippen LogP contribution in [0.1, 0.15) is 39.5 Å². The zero-order valence-corrected chi connectivity index (χ0v) is 24.7. The lowest BCUT2D eigenvalue weighted by molar-refractivity contribution is -0.139. The lowest BCUT2D eigenvalue weighted by Crippen LogP contribution is -2.55. The maximum atomic E-state index is 12.5. The topological polar surface area (TPSA) is 185 Å². The van der Waals surface area contributed by atoms with Gasteiger partial charge in [0.25, 0.3) is 0 Å². The Hall–Kier alpha value is -2.20. The van der Waals surface area contributed by atoms with E-state index in [9.17, 15) is 19.2 Å². The molecule has 6 atom stereocenters. The van der Waals surface area contributed by atoms with Crippen molar-refractivity contribution in [3.8, 4) is 0 Å². The van der Waals surface area contributed by atoms with Gasteiger partial charge in [-0.3, -0.25) is 19.3 Å². The van der Waals surface area contributed by atoms with E-state index in [0.717, 1.165) is 32.1 Å². The van der Waals surface area contributed by atoms with Gasteiger partial charge in [0.15, 0.2) is 0 Å². The highest BCUT2D eigenvalue weighted by atomic mass is 16.6. The molecule has 0 aromatic heterocycles. The van der Waals surface area contributed by atoms with Gasteiger partial charge in [-0.1, -0.05) is 0 Å². The van der Waals surface area contributed by atoms with Gasteiger partial charge in [0.1, 0.15) is 18.4 Å². The van der Waals surface area contributed by atoms with E-state index in [1.807, 2.05) is 11.9 Å². The van der Waals surface area contributed by atoms with Crippen LogP contribution in [0.15, 0.2) is 0 Å². The molecule has 6 unspecified atom stereocenters. The Morgan fingerprint density at radius 2 is 1.41 bits per heavy atom. The molecule has 0 aromatic carbocycles. The zero-order chi connectivity index (χ0) is 30.2. The molecule has 5 N–H and O–H groups in total. The second-order valence-electron chi connectivity index (χ2n) is 10.4. The van der Waals surface area contributed by atoms with Crippen molar-refractivity contribution in [3.05, 3.63) is 0 Å². The fraction of sp³-hybridized carbons (Fsp3) is 0.852. The Bertz CT molecular complexity index is 820. The molecular weight excluding hydrogens is 538 g/mol. The Kier molecular flexibility index (Phi) is 16.3. The highest BCUT2D eigenvalue weighted by molar-refractivity contribution is 5.89. The summed E-state index contributed by atoms with van der Waals surface area (Å²) >= 11 is 0. The van der Waals surface area contributed by atoms with E-state index in [1.54, 1.807) is 13.8 Å². The third-order valence-corrected chi connectivity index (χ3v) is 7.39. The third-order valence-electron chi connectivity index (χ3n) is 7.39. The molecule has 2 aliphatic rings. The summed E-state index contributed by atoms with van der Waals surface area (Å²) in [6.07, 6.45) is 2.86. The summed E-state index contributed by atoms with van der Waals surface area (Å²) in [7, 11) is 1.88. The monoisotopic (exact) mass is 587 g/mol. The Morgan fingerprint density at radius 3 is 1.93 bits per heavy atom. The number of carbonyl (C=O) groups is 4. The van der Waals surface area contributed by atoms with Gasteiger partial charge in [-0.05, 0) is 53.1 Å². The van der Waals surface area contributed by atoms with E-state index < -0.39 is 36.2 Å². The summed E-state index contributed by atoms with van der Waals surface area (Å²) in [5.41, 5.74) is 11.5. The normalized spacial score (nSPS) is 22.3. The van der Waals surface area contributed by atoms with Crippen molar-refractivity contribution >= 4 is 24.0 Å². The predicted octanol–water partition coefficient (Wildman–Crippen LogP) is -1.57. The predicted molar refractivity (Wildman–Crippen MR) is 149 cm³/mol. The SMILES string of the molecule is CC(OCCOCCOCCOCCOC(C)C(NC(=O)C1CCCN1C)C(N)=O)C(N)C(=O)N1CCCC1C=O. The first-order valence-corrected chi connectivity index (χ1v) is 14.4. The number of hydrogen-bond donors (Lipinski definition) is 3. The van der Waals surface area contributed by atoms with Crippen LogP contribution in [0.25, 0.3) is 0 Å². The first-order valence-electron chi connectivity index (χ1n) is 14.4. The average Bonchev–Trinajstić information content (AvgIpc) is 3.61. The van der Waals surface area contributed by atoms with Crippen LogP contribution >= 0.6 is 0 Å². The van der Waals surface area contributed by atoms with Gasteiger partial charge in [0.05, 0.1) is 77.1 Å². The van der Waals surface area contributed by atoms with Crippen molar-refractivity contribution in [2.75, 3.05) is 73.0 Å². The van der Waals surface area contributed by atoms with Crippen LogP contribution in [0.2, 0.25) is 0 Å². The summed E-state index contributed by atoms with van der Waals surface area (Å²) in [4.78, 5) is 51.4. The minimum atomic E-state index is -0.918. The molecular formula is C27H49N5O9. The van der Waals surface area contributed by atoms with E-state index in [4.69, 9.17) is 35.2 Å². The molecule has 14 heteroatoms. The van der Waals surface area contributed by atoms with E-state index >= 15 is 0 Å². The smallest absolute Gasteiger partial charge is 0.242 e. The van der Waals surface area contributed by atoms with Gasteiger partial charge in [0.2, 0.25) is 17.7 Å². The van der Waals surface area contributed by atoms with Crippen LogP contribution < -0.4 is 16.8 Å². The zero-order valence-electron chi connectivity index (χ0n) is 24.7. The van der Waals surface area contributed by atoms with Crippen LogP contribution in [0, 0.1) is 0 Å². The maximum Gasteiger partial charge on any atom is 0.242 e. The van der Waals surface area contributed by atoms with E-state index in [1.165, 1.54) is 4.90 Å². The maximum absolute atomic E-state index is 12.5. The average molecular weight is 588 g/mol. The lowest BCUT2D eigenvalue weighted by atomic mass is 10.1. The second kappa shape index (κ2) is 19.1. The van der Waals surface area contributed by atoms with Crippen molar-refractivity contribution in [1.29, 1.82) is 0 Å². The summed E-state index contributed by atoms with van der Waals surface area (Å²) in [5.74, 6) is -1.13. The first kappa shape index (κ1) is 35.0. The highest BCUT2D eigenvalue weighted by Crippen LogP contribution is 2.17. The molecule has 2 heterocycles. The molecule has 0 saturated carbocycles. The van der Waals surface area contributed by atoms with Gasteiger partial charge < -0.3 is 50.2 Å². The van der Waals surface area contributed by atoms with Crippen LogP contribution in [-0.2, 0) is 42.9 Å². The van der Waals surface area contributed by atoms with Gasteiger partial charge >= 0.3 is 0 Å². The molecule has 0 aliphatic carbocycles. The minimum Gasteiger partial charge on any atom is -0.377 e. The van der Waals surface area contributed by atoms with Gasteiger partial charge in [-0.2, -0.15) is 0 Å². The van der Waals surface area contributed by atoms with Crippen LogP contribution in [0.3, 0.4) is 0 Å². The molecule has 14 nitrogen and oxygen atoms in total. The number of hydrogen-bond acceptors (Lipinski definition) is 11. The van der Waals surface area contributed by atoms with Crippen molar-refractivity contribution in [3.63, 3.8) is 0 Å². The molecule has 236 valence electrons. The van der Waals surface area contributed by atoms with Crippen molar-refractivity contribution < 1.29 is 42.9 Å². The number of aldehydes is 1. The summed E-state index contributed by atoms with van der Waals surface area (Å²) in [5, 5.41) is 2.72. The Labute approximate surface area is 242 Å². The van der Waals surface area contributed by atoms with E-state index in [-0.39, 0.29) is 31.1 Å². The van der Waals surface area contributed by atoms with Gasteiger partial charge in [-0.25, -0.2) is 0 Å². The number of nitrogens with one attached hydrogen (secondary N) is 1. The third kappa shape index (κ3) is 11.9. The number of likely N-dealkylation sites (N-methyl/N-ethyl adjacent to an activating group) is 1. The standard InChI is InChI=1S/C27H49N5O9/c1-19(23(28)27(36)32-9-4-6-21(32)18-33)40-16-14-38-12-10-37-11-13-39-15-17-41-20(2)24(25(29)34)30-26(35)22-7-5-8-31(22)3/h18-24H,4-17,28H2,1-3H3,(H2,29,34)(H,30,35). The number of nitrogens with zero attached hydrogens (tertiary/aromatic N) is 2. The number of rotatable bonds is 21. The molecule has 2 aliphatic heterocycles. The fourth-order valence-electron chi connectivity index (χ4n) is 4.84. The number of primary amides is 1. The van der Waals surface area contributed by atoms with Gasteiger partial charge in [0, 0.05) is 6.54 Å². The molecule has 0 spiro atoms. The van der Waals surface area contributed by atoms with Crippen molar-refractivity contribution in [1.82, 2.24) is 15.1 Å². The van der Waals surface area contributed by atoms with E-state index in [2.05, 4.69) is 5.32 Å². The molecule has 3 amide bonds. The number of ether oxygens (including phenoxy) is 5. The van der Waals surface area contributed by atoms with Crippen molar-refractivity contribution in [2.24, 2.45) is 11.5 Å². The molecule has 2 rings (SSSR count). The van der Waals surface area contributed by atoms with Crippen LogP contribution in [0.5, 0.6) is 0 Å². The minimum absolute atomic E-state index is 0.216. The van der Waals surface area contributed by atoms with Crippen LogP contribution in [-0.4, -0.2) is 143 Å². The Balaban J connectivity index is 1.44. The quantitative estimate of drug-likeness (QED) is 0.104. The number of amides is 3. The molecule has 41 heavy (non-hydrogen) atoms. The van der Waals surface area contributed by atoms with Crippen LogP contribution in [0.4, 0.5) is 0 Å². The fourth-order valence-corrected chi connectivity index (χ4v) is 4.84. The second-order valence-corrected chi connectivity index (χ2v) is 10.4. The summed E-state index contributed by atoms with van der Waals surface area (Å²) in [6, 6.07) is -2.40. The molecule has 0 radical (unpaired) electrons. The first-order chi connectivity index (χ1) is 19.7. The summed E-state index contributed by atoms with van der Waals surface area (Å²) < 4.78 is 27.7. The largest absolute Gasteiger partial charge is 0.377 e. The molecule has 0 aromatic rings. The molecule has 2 saturated heterocycles. The number of nitrogens with two attached hydrogens (primary N) is 2. The number of carbonyl (C=O) groups excluding carboxylic acids is 4.